The Hall–Kier alpha value is -2.46. The van der Waals surface area contributed by atoms with E-state index in [1.807, 2.05) is 13.2 Å². The Morgan fingerprint density at radius 1 is 1.30 bits per heavy atom. The van der Waals surface area contributed by atoms with Gasteiger partial charge < -0.3 is 4.74 Å². The number of aromatic nitrogens is 1. The second kappa shape index (κ2) is 11.1. The molecule has 162 valence electrons. The molecule has 1 aromatic heterocycles. The van der Waals surface area contributed by atoms with Crippen LogP contribution in [0.4, 0.5) is 10.8 Å². The van der Waals surface area contributed by atoms with E-state index in [2.05, 4.69) is 4.98 Å². The number of nitro groups is 1. The van der Waals surface area contributed by atoms with E-state index in [9.17, 15) is 19.7 Å². The largest absolute Gasteiger partial charge is 0.462 e. The van der Waals surface area contributed by atoms with Crippen LogP contribution in [0.3, 0.4) is 0 Å². The van der Waals surface area contributed by atoms with E-state index in [0.717, 1.165) is 29.1 Å². The van der Waals surface area contributed by atoms with Crippen molar-refractivity contribution < 1.29 is 19.2 Å². The van der Waals surface area contributed by atoms with Gasteiger partial charge in [0.1, 0.15) is 10.4 Å². The van der Waals surface area contributed by atoms with Crippen molar-refractivity contribution in [2.75, 3.05) is 24.3 Å². The SMILES string of the molecule is CCCCCN(C(=O)c1cc(SC)ccc1[N+](=O)[O-])c1nc(C)c(C(=O)OCC)s1. The van der Waals surface area contributed by atoms with Crippen LogP contribution in [-0.2, 0) is 4.74 Å². The number of nitro benzene ring substituents is 1. The summed E-state index contributed by atoms with van der Waals surface area (Å²) in [5.74, 6) is -0.993. The van der Waals surface area contributed by atoms with Gasteiger partial charge in [-0.25, -0.2) is 9.78 Å². The number of ether oxygens (including phenoxy) is 1. The summed E-state index contributed by atoms with van der Waals surface area (Å²) in [5, 5.41) is 11.9. The Kier molecular flexibility index (Phi) is 8.79. The zero-order valence-corrected chi connectivity index (χ0v) is 19.1. The maximum absolute atomic E-state index is 13.4. The van der Waals surface area contributed by atoms with Crippen molar-refractivity contribution >= 4 is 45.8 Å². The third-order valence-electron chi connectivity index (χ3n) is 4.34. The van der Waals surface area contributed by atoms with E-state index in [4.69, 9.17) is 4.74 Å². The molecule has 0 unspecified atom stereocenters. The second-order valence-electron chi connectivity index (χ2n) is 6.44. The first-order valence-corrected chi connectivity index (χ1v) is 11.7. The van der Waals surface area contributed by atoms with Crippen LogP contribution in [-0.4, -0.2) is 41.2 Å². The molecule has 0 fully saturated rings. The van der Waals surface area contributed by atoms with Crippen molar-refractivity contribution in [1.82, 2.24) is 4.98 Å². The van der Waals surface area contributed by atoms with Gasteiger partial charge in [-0.2, -0.15) is 0 Å². The zero-order valence-electron chi connectivity index (χ0n) is 17.5. The summed E-state index contributed by atoms with van der Waals surface area (Å²) in [6.07, 6.45) is 4.40. The lowest BCUT2D eigenvalue weighted by Crippen LogP contribution is -2.32. The predicted molar refractivity (Wildman–Crippen MR) is 119 cm³/mol. The Bertz CT molecular complexity index is 929. The molecule has 0 radical (unpaired) electrons. The summed E-state index contributed by atoms with van der Waals surface area (Å²) in [5.41, 5.74) is 0.222. The van der Waals surface area contributed by atoms with E-state index in [1.165, 1.54) is 28.8 Å². The van der Waals surface area contributed by atoms with Crippen LogP contribution in [0.25, 0.3) is 0 Å². The van der Waals surface area contributed by atoms with Crippen molar-refractivity contribution in [1.29, 1.82) is 0 Å². The molecule has 1 amide bonds. The predicted octanol–water partition coefficient (Wildman–Crippen LogP) is 5.10. The van der Waals surface area contributed by atoms with Crippen molar-refractivity contribution in [2.45, 2.75) is 44.9 Å². The van der Waals surface area contributed by atoms with Gasteiger partial charge in [-0.05, 0) is 38.7 Å². The Morgan fingerprint density at radius 3 is 2.63 bits per heavy atom. The monoisotopic (exact) mass is 451 g/mol. The number of thioether (sulfide) groups is 1. The van der Waals surface area contributed by atoms with Crippen LogP contribution < -0.4 is 4.90 Å². The lowest BCUT2D eigenvalue weighted by atomic mass is 10.1. The van der Waals surface area contributed by atoms with E-state index in [1.54, 1.807) is 19.9 Å². The third kappa shape index (κ3) is 5.57. The number of amides is 1. The molecule has 0 aliphatic rings. The van der Waals surface area contributed by atoms with Gasteiger partial charge in [-0.3, -0.25) is 19.8 Å². The summed E-state index contributed by atoms with van der Waals surface area (Å²) in [6, 6.07) is 4.50. The van der Waals surface area contributed by atoms with Crippen LogP contribution in [0.1, 0.15) is 58.8 Å². The van der Waals surface area contributed by atoms with Crippen LogP contribution >= 0.6 is 23.1 Å². The number of esters is 1. The molecule has 1 aromatic carbocycles. The number of unbranched alkanes of at least 4 members (excludes halogenated alkanes) is 2. The van der Waals surface area contributed by atoms with Gasteiger partial charge in [0.2, 0.25) is 0 Å². The highest BCUT2D eigenvalue weighted by atomic mass is 32.2. The number of nitrogens with zero attached hydrogens (tertiary/aromatic N) is 3. The van der Waals surface area contributed by atoms with Crippen molar-refractivity contribution in [3.63, 3.8) is 0 Å². The molecule has 0 N–H and O–H groups in total. The highest BCUT2D eigenvalue weighted by molar-refractivity contribution is 7.98. The number of hydrogen-bond acceptors (Lipinski definition) is 8. The van der Waals surface area contributed by atoms with Crippen LogP contribution in [0.15, 0.2) is 23.1 Å². The number of hydrogen-bond donors (Lipinski definition) is 0. The number of aryl methyl sites for hydroxylation is 1. The molecule has 0 atom stereocenters. The topological polar surface area (TPSA) is 103 Å². The maximum atomic E-state index is 13.4. The molecule has 0 aliphatic heterocycles. The fourth-order valence-corrected chi connectivity index (χ4v) is 4.23. The maximum Gasteiger partial charge on any atom is 0.350 e. The molecule has 0 saturated carbocycles. The third-order valence-corrected chi connectivity index (χ3v) is 6.22. The zero-order chi connectivity index (χ0) is 22.3. The number of carbonyl (C=O) groups is 2. The molecule has 2 rings (SSSR count). The quantitative estimate of drug-likeness (QED) is 0.163. The number of thiazole rings is 1. The first kappa shape index (κ1) is 23.8. The Labute approximate surface area is 183 Å². The minimum absolute atomic E-state index is 0.00823. The van der Waals surface area contributed by atoms with E-state index >= 15 is 0 Å². The molecular formula is C20H25N3O5S2. The minimum Gasteiger partial charge on any atom is -0.462 e. The summed E-state index contributed by atoms with van der Waals surface area (Å²) >= 11 is 2.46. The number of rotatable bonds is 10. The highest BCUT2D eigenvalue weighted by Gasteiger charge is 2.29. The second-order valence-corrected chi connectivity index (χ2v) is 8.29. The molecule has 0 aliphatic carbocycles. The van der Waals surface area contributed by atoms with Gasteiger partial charge in [0.25, 0.3) is 11.6 Å². The van der Waals surface area contributed by atoms with Crippen molar-refractivity contribution in [2.24, 2.45) is 0 Å². The molecule has 0 saturated heterocycles. The van der Waals surface area contributed by atoms with Gasteiger partial charge in [-0.1, -0.05) is 31.1 Å². The first-order valence-electron chi connectivity index (χ1n) is 9.62. The van der Waals surface area contributed by atoms with Crippen LogP contribution in [0.2, 0.25) is 0 Å². The highest BCUT2D eigenvalue weighted by Crippen LogP contribution is 2.31. The molecule has 10 heteroatoms. The number of anilines is 1. The fraction of sp³-hybridized carbons (Fsp3) is 0.450. The average Bonchev–Trinajstić information content (AvgIpc) is 3.11. The molecule has 1 heterocycles. The van der Waals surface area contributed by atoms with Crippen molar-refractivity contribution in [3.05, 3.63) is 44.4 Å². The normalized spacial score (nSPS) is 10.7. The van der Waals surface area contributed by atoms with Gasteiger partial charge in [0.15, 0.2) is 5.13 Å². The molecule has 30 heavy (non-hydrogen) atoms. The molecule has 8 nitrogen and oxygen atoms in total. The molecule has 2 aromatic rings. The van der Waals surface area contributed by atoms with E-state index in [0.29, 0.717) is 28.7 Å². The van der Waals surface area contributed by atoms with Crippen molar-refractivity contribution in [3.8, 4) is 0 Å². The van der Waals surface area contributed by atoms with Gasteiger partial charge in [0.05, 0.1) is 17.2 Å². The first-order chi connectivity index (χ1) is 14.3. The summed E-state index contributed by atoms with van der Waals surface area (Å²) < 4.78 is 5.06. The van der Waals surface area contributed by atoms with E-state index in [-0.39, 0.29) is 17.9 Å². The Balaban J connectivity index is 2.50. The van der Waals surface area contributed by atoms with Crippen LogP contribution in [0, 0.1) is 17.0 Å². The molecule has 0 spiro atoms. The number of carbonyl (C=O) groups excluding carboxylic acids is 2. The standard InChI is InChI=1S/C20H25N3O5S2/c1-5-7-8-11-22(20-21-13(3)17(30-20)19(25)28-6-2)18(24)15-12-14(29-4)9-10-16(15)23(26)27/h9-10,12H,5-8,11H2,1-4H3. The van der Waals surface area contributed by atoms with Gasteiger partial charge in [-0.15, -0.1) is 11.8 Å². The Morgan fingerprint density at radius 2 is 2.03 bits per heavy atom. The smallest absolute Gasteiger partial charge is 0.350 e. The number of benzene rings is 1. The lowest BCUT2D eigenvalue weighted by molar-refractivity contribution is -0.385. The average molecular weight is 452 g/mol. The van der Waals surface area contributed by atoms with Gasteiger partial charge in [0, 0.05) is 17.5 Å². The van der Waals surface area contributed by atoms with Crippen LogP contribution in [0.5, 0.6) is 0 Å². The fourth-order valence-electron chi connectivity index (χ4n) is 2.81. The molecular weight excluding hydrogens is 426 g/mol. The summed E-state index contributed by atoms with van der Waals surface area (Å²) in [7, 11) is 0. The van der Waals surface area contributed by atoms with Gasteiger partial charge >= 0.3 is 5.97 Å². The lowest BCUT2D eigenvalue weighted by Gasteiger charge is -2.20. The summed E-state index contributed by atoms with van der Waals surface area (Å²) in [4.78, 5) is 43.5. The summed E-state index contributed by atoms with van der Waals surface area (Å²) in [6.45, 7) is 6.03. The van der Waals surface area contributed by atoms with E-state index < -0.39 is 16.8 Å². The molecule has 0 bridgehead atoms. The minimum atomic E-state index is -0.557.